The molecule has 5 nitrogen and oxygen atoms in total. The summed E-state index contributed by atoms with van der Waals surface area (Å²) < 4.78 is 7.60. The van der Waals surface area contributed by atoms with Crippen LogP contribution in [0.1, 0.15) is 51.7 Å². The molecule has 2 aromatic heterocycles. The monoisotopic (exact) mass is 483 g/mol. The summed E-state index contributed by atoms with van der Waals surface area (Å²) in [4.78, 5) is 17.4. The molecule has 0 saturated carbocycles. The molecule has 2 amide bonds. The second-order valence-corrected chi connectivity index (χ2v) is 10.5. The highest BCUT2D eigenvalue weighted by Crippen LogP contribution is 2.44. The van der Waals surface area contributed by atoms with E-state index < -0.39 is 0 Å². The fourth-order valence-electron chi connectivity index (χ4n) is 5.36. The smallest absolute Gasteiger partial charge is 0.322 e. The van der Waals surface area contributed by atoms with Crippen LogP contribution < -0.4 is 10.1 Å². The van der Waals surface area contributed by atoms with Gasteiger partial charge >= 0.3 is 6.03 Å². The number of carbonyl (C=O) groups is 1. The van der Waals surface area contributed by atoms with Gasteiger partial charge in [0.25, 0.3) is 0 Å². The van der Waals surface area contributed by atoms with Gasteiger partial charge in [0.05, 0.1) is 25.4 Å². The zero-order valence-electron chi connectivity index (χ0n) is 20.1. The average molecular weight is 484 g/mol. The van der Waals surface area contributed by atoms with Crippen LogP contribution >= 0.6 is 11.3 Å². The highest BCUT2D eigenvalue weighted by atomic mass is 32.1. The molecule has 35 heavy (non-hydrogen) atoms. The number of aromatic nitrogens is 1. The molecule has 0 unspecified atom stereocenters. The second kappa shape index (κ2) is 8.93. The van der Waals surface area contributed by atoms with Gasteiger partial charge in [-0.15, -0.1) is 11.3 Å². The number of ether oxygens (including phenoxy) is 1. The van der Waals surface area contributed by atoms with Crippen LogP contribution in [0.3, 0.4) is 0 Å². The Bertz CT molecular complexity index is 1370. The molecule has 6 heteroatoms. The number of hydrogen-bond acceptors (Lipinski definition) is 3. The van der Waals surface area contributed by atoms with Crippen LogP contribution in [0.5, 0.6) is 5.75 Å². The SMILES string of the molecule is COc1ccc(NC(=O)N2Cc3c(sc4c3CCCC4)-n3cccc3[C@H]2c2ccc(C)cc2)cc1. The predicted molar refractivity (Wildman–Crippen MR) is 141 cm³/mol. The number of nitrogens with one attached hydrogen (secondary N) is 1. The largest absolute Gasteiger partial charge is 0.497 e. The number of methoxy groups -OCH3 is 1. The zero-order chi connectivity index (χ0) is 23.9. The van der Waals surface area contributed by atoms with Gasteiger partial charge < -0.3 is 19.5 Å². The summed E-state index contributed by atoms with van der Waals surface area (Å²) in [7, 11) is 1.64. The van der Waals surface area contributed by atoms with Crippen LogP contribution in [0.2, 0.25) is 0 Å². The normalized spacial score (nSPS) is 16.6. The zero-order valence-corrected chi connectivity index (χ0v) is 20.9. The van der Waals surface area contributed by atoms with E-state index in [2.05, 4.69) is 59.4 Å². The summed E-state index contributed by atoms with van der Waals surface area (Å²) in [6.45, 7) is 2.68. The van der Waals surface area contributed by atoms with Gasteiger partial charge in [0.2, 0.25) is 0 Å². The van der Waals surface area contributed by atoms with E-state index in [-0.39, 0.29) is 12.1 Å². The first-order valence-corrected chi connectivity index (χ1v) is 13.0. The molecule has 3 heterocycles. The number of hydrogen-bond donors (Lipinski definition) is 1. The first-order valence-electron chi connectivity index (χ1n) is 12.2. The minimum absolute atomic E-state index is 0.0999. The minimum atomic E-state index is -0.192. The van der Waals surface area contributed by atoms with Gasteiger partial charge in [0.15, 0.2) is 0 Å². The quantitative estimate of drug-likeness (QED) is 0.346. The van der Waals surface area contributed by atoms with E-state index >= 15 is 0 Å². The van der Waals surface area contributed by atoms with Crippen LogP contribution in [-0.4, -0.2) is 22.6 Å². The Kier molecular flexibility index (Phi) is 5.61. The number of benzene rings is 2. The van der Waals surface area contributed by atoms with E-state index in [4.69, 9.17) is 4.74 Å². The molecule has 0 radical (unpaired) electrons. The van der Waals surface area contributed by atoms with E-state index in [1.54, 1.807) is 7.11 Å². The van der Waals surface area contributed by atoms with Crippen molar-refractivity contribution in [3.8, 4) is 10.8 Å². The molecule has 1 aliphatic carbocycles. The van der Waals surface area contributed by atoms with Crippen LogP contribution in [-0.2, 0) is 19.4 Å². The molecule has 1 aliphatic heterocycles. The number of thiophene rings is 1. The number of rotatable bonds is 3. The van der Waals surface area contributed by atoms with Gasteiger partial charge in [-0.2, -0.15) is 0 Å². The highest BCUT2D eigenvalue weighted by Gasteiger charge is 2.36. The van der Waals surface area contributed by atoms with Gasteiger partial charge in [-0.1, -0.05) is 29.8 Å². The van der Waals surface area contributed by atoms with E-state index in [1.807, 2.05) is 40.5 Å². The third-order valence-electron chi connectivity index (χ3n) is 7.17. The first-order chi connectivity index (χ1) is 17.1. The lowest BCUT2D eigenvalue weighted by Crippen LogP contribution is -2.38. The van der Waals surface area contributed by atoms with Gasteiger partial charge in [0.1, 0.15) is 10.8 Å². The molecule has 1 N–H and O–H groups in total. The Hall–Kier alpha value is -3.51. The minimum Gasteiger partial charge on any atom is -0.497 e. The molecule has 6 rings (SSSR count). The van der Waals surface area contributed by atoms with Gasteiger partial charge in [-0.05, 0) is 80.1 Å². The number of urea groups is 1. The van der Waals surface area contributed by atoms with Crippen molar-refractivity contribution < 1.29 is 9.53 Å². The summed E-state index contributed by atoms with van der Waals surface area (Å²) in [5.74, 6) is 0.766. The van der Waals surface area contributed by atoms with Crippen LogP contribution in [0.4, 0.5) is 10.5 Å². The Labute approximate surface area is 210 Å². The third kappa shape index (κ3) is 3.92. The Morgan fingerprint density at radius 3 is 2.54 bits per heavy atom. The Morgan fingerprint density at radius 1 is 1.00 bits per heavy atom. The number of anilines is 1. The molecule has 0 fully saturated rings. The van der Waals surface area contributed by atoms with Crippen LogP contribution in [0, 0.1) is 6.92 Å². The van der Waals surface area contributed by atoms with Crippen molar-refractivity contribution in [3.63, 3.8) is 0 Å². The van der Waals surface area contributed by atoms with Crippen LogP contribution in [0.15, 0.2) is 66.9 Å². The van der Waals surface area contributed by atoms with Crippen molar-refractivity contribution in [2.24, 2.45) is 0 Å². The maximum absolute atomic E-state index is 13.9. The first kappa shape index (κ1) is 22.0. The topological polar surface area (TPSA) is 46.5 Å². The summed E-state index contributed by atoms with van der Waals surface area (Å²) in [5.41, 5.74) is 6.97. The molecule has 4 aromatic rings. The predicted octanol–water partition coefficient (Wildman–Crippen LogP) is 6.87. The number of amides is 2. The van der Waals surface area contributed by atoms with Crippen molar-refractivity contribution in [3.05, 3.63) is 99.7 Å². The molecule has 0 bridgehead atoms. The van der Waals surface area contributed by atoms with Crippen molar-refractivity contribution in [2.45, 2.75) is 45.2 Å². The molecular weight excluding hydrogens is 454 g/mol. The number of aryl methyl sites for hydroxylation is 2. The van der Waals surface area contributed by atoms with Crippen molar-refractivity contribution >= 4 is 23.1 Å². The molecule has 0 saturated heterocycles. The third-order valence-corrected chi connectivity index (χ3v) is 8.51. The standard InChI is InChI=1S/C29H29N3O2S/c1-19-9-11-20(12-10-19)27-25-7-5-17-31(25)28-24(23-6-3-4-8-26(23)35-28)18-32(27)29(33)30-21-13-15-22(34-2)16-14-21/h5,7,9-17,27H,3-4,6,8,18H2,1-2H3,(H,30,33)/t27-/m1/s1. The van der Waals surface area contributed by atoms with Gasteiger partial charge in [0, 0.05) is 22.3 Å². The lowest BCUT2D eigenvalue weighted by Gasteiger charge is -2.31. The summed E-state index contributed by atoms with van der Waals surface area (Å²) in [5, 5.41) is 4.43. The number of nitrogens with zero attached hydrogens (tertiary/aromatic N) is 2. The van der Waals surface area contributed by atoms with E-state index in [1.165, 1.54) is 39.4 Å². The van der Waals surface area contributed by atoms with Gasteiger partial charge in [-0.25, -0.2) is 4.79 Å². The fourth-order valence-corrected chi connectivity index (χ4v) is 6.76. The lowest BCUT2D eigenvalue weighted by atomic mass is 9.95. The van der Waals surface area contributed by atoms with Gasteiger partial charge in [-0.3, -0.25) is 0 Å². The number of carbonyl (C=O) groups excluding carboxylic acids is 1. The van der Waals surface area contributed by atoms with E-state index in [0.29, 0.717) is 6.54 Å². The fraction of sp³-hybridized carbons (Fsp3) is 0.276. The second-order valence-electron chi connectivity index (χ2n) is 9.40. The molecule has 2 aliphatic rings. The highest BCUT2D eigenvalue weighted by molar-refractivity contribution is 7.15. The van der Waals surface area contributed by atoms with E-state index in [0.717, 1.165) is 35.5 Å². The summed E-state index contributed by atoms with van der Waals surface area (Å²) in [6.07, 6.45) is 6.86. The lowest BCUT2D eigenvalue weighted by molar-refractivity contribution is 0.194. The molecular formula is C29H29N3O2S. The molecule has 0 spiro atoms. The molecule has 2 aromatic carbocycles. The summed E-state index contributed by atoms with van der Waals surface area (Å²) in [6, 6.07) is 20.0. The van der Waals surface area contributed by atoms with Crippen molar-refractivity contribution in [2.75, 3.05) is 12.4 Å². The van der Waals surface area contributed by atoms with Crippen LogP contribution in [0.25, 0.3) is 5.00 Å². The average Bonchev–Trinajstić information content (AvgIpc) is 3.47. The maximum Gasteiger partial charge on any atom is 0.322 e. The molecule has 178 valence electrons. The maximum atomic E-state index is 13.9. The Morgan fingerprint density at radius 2 is 1.77 bits per heavy atom. The van der Waals surface area contributed by atoms with Crippen molar-refractivity contribution in [1.29, 1.82) is 0 Å². The molecule has 1 atom stereocenters. The van der Waals surface area contributed by atoms with E-state index in [9.17, 15) is 4.79 Å². The Balaban J connectivity index is 1.46. The number of fused-ring (bicyclic) bond motifs is 5. The summed E-state index contributed by atoms with van der Waals surface area (Å²) >= 11 is 1.91. The van der Waals surface area contributed by atoms with Crippen molar-refractivity contribution in [1.82, 2.24) is 9.47 Å².